The van der Waals surface area contributed by atoms with E-state index in [1.165, 1.54) is 0 Å². The van der Waals surface area contributed by atoms with Gasteiger partial charge >= 0.3 is 0 Å². The second-order valence-corrected chi connectivity index (χ2v) is 5.34. The quantitative estimate of drug-likeness (QED) is 0.876. The number of piperazine rings is 1. The van der Waals surface area contributed by atoms with Crippen LogP contribution in [0, 0.1) is 0 Å². The SMILES string of the molecule is NCCCN1CCN(C(=O)c2ccc3c(c2)OCO3)CC1. The fraction of sp³-hybridized carbons (Fsp3) is 0.533. The van der Waals surface area contributed by atoms with Gasteiger partial charge in [0.1, 0.15) is 0 Å². The summed E-state index contributed by atoms with van der Waals surface area (Å²) in [7, 11) is 0. The van der Waals surface area contributed by atoms with Gasteiger partial charge in [0.25, 0.3) is 5.91 Å². The summed E-state index contributed by atoms with van der Waals surface area (Å²) in [5.41, 5.74) is 6.19. The highest BCUT2D eigenvalue weighted by atomic mass is 16.7. The molecule has 6 nitrogen and oxygen atoms in total. The van der Waals surface area contributed by atoms with Gasteiger partial charge < -0.3 is 20.1 Å². The van der Waals surface area contributed by atoms with Crippen LogP contribution in [-0.2, 0) is 0 Å². The first-order valence-corrected chi connectivity index (χ1v) is 7.39. The van der Waals surface area contributed by atoms with E-state index in [1.807, 2.05) is 4.90 Å². The normalized spacial score (nSPS) is 18.0. The zero-order valence-corrected chi connectivity index (χ0v) is 12.1. The molecule has 2 aliphatic heterocycles. The van der Waals surface area contributed by atoms with Crippen LogP contribution in [0.2, 0.25) is 0 Å². The average molecular weight is 291 g/mol. The van der Waals surface area contributed by atoms with Gasteiger partial charge in [0.15, 0.2) is 11.5 Å². The predicted molar refractivity (Wildman–Crippen MR) is 78.6 cm³/mol. The van der Waals surface area contributed by atoms with Gasteiger partial charge in [-0.05, 0) is 37.7 Å². The number of rotatable bonds is 4. The van der Waals surface area contributed by atoms with Crippen molar-refractivity contribution in [3.63, 3.8) is 0 Å². The number of fused-ring (bicyclic) bond motifs is 1. The van der Waals surface area contributed by atoms with Gasteiger partial charge in [-0.2, -0.15) is 0 Å². The fourth-order valence-corrected chi connectivity index (χ4v) is 2.70. The van der Waals surface area contributed by atoms with E-state index in [0.29, 0.717) is 17.1 Å². The summed E-state index contributed by atoms with van der Waals surface area (Å²) >= 11 is 0. The van der Waals surface area contributed by atoms with Gasteiger partial charge in [0, 0.05) is 31.7 Å². The highest BCUT2D eigenvalue weighted by molar-refractivity contribution is 5.95. The number of nitrogens with two attached hydrogens (primary N) is 1. The van der Waals surface area contributed by atoms with Crippen molar-refractivity contribution < 1.29 is 14.3 Å². The van der Waals surface area contributed by atoms with Gasteiger partial charge in [-0.3, -0.25) is 9.69 Å². The minimum Gasteiger partial charge on any atom is -0.454 e. The van der Waals surface area contributed by atoms with Crippen molar-refractivity contribution in [1.82, 2.24) is 9.80 Å². The number of benzene rings is 1. The maximum atomic E-state index is 12.5. The van der Waals surface area contributed by atoms with E-state index in [1.54, 1.807) is 18.2 Å². The van der Waals surface area contributed by atoms with Crippen LogP contribution >= 0.6 is 0 Å². The number of carbonyl (C=O) groups is 1. The molecular formula is C15H21N3O3. The maximum Gasteiger partial charge on any atom is 0.254 e. The van der Waals surface area contributed by atoms with Crippen molar-refractivity contribution in [2.75, 3.05) is 46.1 Å². The van der Waals surface area contributed by atoms with Crippen molar-refractivity contribution in [2.45, 2.75) is 6.42 Å². The largest absolute Gasteiger partial charge is 0.454 e. The summed E-state index contributed by atoms with van der Waals surface area (Å²) in [6, 6.07) is 5.37. The van der Waals surface area contributed by atoms with E-state index in [-0.39, 0.29) is 12.7 Å². The molecule has 3 rings (SSSR count). The zero-order chi connectivity index (χ0) is 14.7. The minimum atomic E-state index is 0.0618. The highest BCUT2D eigenvalue weighted by Crippen LogP contribution is 2.32. The summed E-state index contributed by atoms with van der Waals surface area (Å²) in [5, 5.41) is 0. The molecule has 0 aliphatic carbocycles. The van der Waals surface area contributed by atoms with Crippen molar-refractivity contribution in [3.05, 3.63) is 23.8 Å². The lowest BCUT2D eigenvalue weighted by atomic mass is 10.1. The van der Waals surface area contributed by atoms with Gasteiger partial charge in [-0.15, -0.1) is 0 Å². The van der Waals surface area contributed by atoms with Crippen LogP contribution in [0.25, 0.3) is 0 Å². The molecule has 2 N–H and O–H groups in total. The Morgan fingerprint density at radius 3 is 2.67 bits per heavy atom. The molecule has 1 aromatic rings. The van der Waals surface area contributed by atoms with Crippen molar-refractivity contribution in [2.24, 2.45) is 5.73 Å². The number of amides is 1. The molecule has 0 unspecified atom stereocenters. The Kier molecular flexibility index (Phi) is 4.26. The highest BCUT2D eigenvalue weighted by Gasteiger charge is 2.23. The third-order valence-electron chi connectivity index (χ3n) is 3.96. The van der Waals surface area contributed by atoms with Crippen molar-refractivity contribution >= 4 is 5.91 Å². The molecule has 1 fully saturated rings. The lowest BCUT2D eigenvalue weighted by Crippen LogP contribution is -2.49. The Morgan fingerprint density at radius 1 is 1.14 bits per heavy atom. The third-order valence-corrected chi connectivity index (χ3v) is 3.96. The number of hydrogen-bond donors (Lipinski definition) is 1. The second kappa shape index (κ2) is 6.32. The summed E-state index contributed by atoms with van der Waals surface area (Å²) in [5.74, 6) is 1.42. The van der Waals surface area contributed by atoms with E-state index in [2.05, 4.69) is 4.90 Å². The van der Waals surface area contributed by atoms with E-state index in [4.69, 9.17) is 15.2 Å². The van der Waals surface area contributed by atoms with Gasteiger partial charge in [0.2, 0.25) is 6.79 Å². The number of nitrogens with zero attached hydrogens (tertiary/aromatic N) is 2. The molecule has 6 heteroatoms. The molecule has 1 saturated heterocycles. The molecule has 0 radical (unpaired) electrons. The first-order valence-electron chi connectivity index (χ1n) is 7.39. The monoisotopic (exact) mass is 291 g/mol. The summed E-state index contributed by atoms with van der Waals surface area (Å²) in [6.45, 7) is 5.31. The molecule has 0 spiro atoms. The minimum absolute atomic E-state index is 0.0618. The van der Waals surface area contributed by atoms with Gasteiger partial charge in [-0.25, -0.2) is 0 Å². The van der Waals surface area contributed by atoms with E-state index in [9.17, 15) is 4.79 Å². The Hall–Kier alpha value is -1.79. The lowest BCUT2D eigenvalue weighted by molar-refractivity contribution is 0.0636. The third kappa shape index (κ3) is 3.11. The lowest BCUT2D eigenvalue weighted by Gasteiger charge is -2.34. The molecule has 0 bridgehead atoms. The topological polar surface area (TPSA) is 68.0 Å². The van der Waals surface area contributed by atoms with Crippen molar-refractivity contribution in [3.8, 4) is 11.5 Å². The smallest absolute Gasteiger partial charge is 0.254 e. The Morgan fingerprint density at radius 2 is 1.90 bits per heavy atom. The first kappa shape index (κ1) is 14.2. The molecule has 0 saturated carbocycles. The van der Waals surface area contributed by atoms with E-state index in [0.717, 1.165) is 45.7 Å². The molecule has 114 valence electrons. The Balaban J connectivity index is 1.59. The van der Waals surface area contributed by atoms with Crippen LogP contribution in [0.4, 0.5) is 0 Å². The van der Waals surface area contributed by atoms with Crippen molar-refractivity contribution in [1.29, 1.82) is 0 Å². The first-order chi connectivity index (χ1) is 10.3. The summed E-state index contributed by atoms with van der Waals surface area (Å²) in [4.78, 5) is 16.8. The Bertz CT molecular complexity index is 513. The van der Waals surface area contributed by atoms with Crippen LogP contribution < -0.4 is 15.2 Å². The van der Waals surface area contributed by atoms with Gasteiger partial charge in [0.05, 0.1) is 0 Å². The summed E-state index contributed by atoms with van der Waals surface area (Å²) < 4.78 is 10.6. The molecule has 2 aliphatic rings. The molecule has 21 heavy (non-hydrogen) atoms. The van der Waals surface area contributed by atoms with Crippen LogP contribution in [0.5, 0.6) is 11.5 Å². The van der Waals surface area contributed by atoms with Gasteiger partial charge in [-0.1, -0.05) is 0 Å². The number of carbonyl (C=O) groups excluding carboxylic acids is 1. The molecule has 1 amide bonds. The van der Waals surface area contributed by atoms with Crippen LogP contribution in [0.1, 0.15) is 16.8 Å². The molecule has 0 aromatic heterocycles. The number of hydrogen-bond acceptors (Lipinski definition) is 5. The van der Waals surface area contributed by atoms with Crippen LogP contribution in [0.3, 0.4) is 0 Å². The van der Waals surface area contributed by atoms with E-state index >= 15 is 0 Å². The molecule has 2 heterocycles. The number of ether oxygens (including phenoxy) is 2. The summed E-state index contributed by atoms with van der Waals surface area (Å²) in [6.07, 6.45) is 1.01. The average Bonchev–Trinajstić information content (AvgIpc) is 3.00. The van der Waals surface area contributed by atoms with E-state index < -0.39 is 0 Å². The Labute approximate surface area is 124 Å². The van der Waals surface area contributed by atoms with Crippen LogP contribution in [-0.4, -0.2) is 61.8 Å². The molecular weight excluding hydrogens is 270 g/mol. The van der Waals surface area contributed by atoms with Crippen LogP contribution in [0.15, 0.2) is 18.2 Å². The standard InChI is InChI=1S/C15H21N3O3/c16-4-1-5-17-6-8-18(9-7-17)15(19)12-2-3-13-14(10-12)21-11-20-13/h2-3,10H,1,4-9,11,16H2. The molecule has 1 aromatic carbocycles. The fourth-order valence-electron chi connectivity index (χ4n) is 2.70. The predicted octanol–water partition coefficient (Wildman–Crippen LogP) is 0.522. The molecule has 0 atom stereocenters. The maximum absolute atomic E-state index is 12.5. The second-order valence-electron chi connectivity index (χ2n) is 5.34. The zero-order valence-electron chi connectivity index (χ0n) is 12.1.